The summed E-state index contributed by atoms with van der Waals surface area (Å²) in [6.07, 6.45) is 6.72. The maximum absolute atomic E-state index is 11.7. The molecule has 2 N–H and O–H groups in total. The molecule has 1 saturated heterocycles. The second-order valence-electron chi connectivity index (χ2n) is 5.45. The predicted octanol–water partition coefficient (Wildman–Crippen LogP) is 1.10. The van der Waals surface area contributed by atoms with Crippen molar-refractivity contribution in [3.63, 3.8) is 0 Å². The van der Waals surface area contributed by atoms with Crippen molar-refractivity contribution >= 4 is 10.0 Å². The highest BCUT2D eigenvalue weighted by Gasteiger charge is 2.23. The molecule has 0 aromatic rings. The van der Waals surface area contributed by atoms with Crippen molar-refractivity contribution in [2.24, 2.45) is 11.8 Å². The Morgan fingerprint density at radius 2 is 1.94 bits per heavy atom. The third-order valence-corrected chi connectivity index (χ3v) is 5.18. The van der Waals surface area contributed by atoms with E-state index in [1.807, 2.05) is 0 Å². The molecule has 0 spiro atoms. The minimum atomic E-state index is -3.01. The van der Waals surface area contributed by atoms with Crippen LogP contribution in [0, 0.1) is 11.8 Å². The standard InChI is InChI=1S/C12H24N2O2S/c15-17(16,9-6-11-3-4-11)14-8-5-12-2-1-7-13-10-12/h11-14H,1-10H2. The molecule has 0 radical (unpaired) electrons. The molecule has 1 aliphatic heterocycles. The Bertz CT molecular complexity index is 319. The van der Waals surface area contributed by atoms with E-state index >= 15 is 0 Å². The van der Waals surface area contributed by atoms with Gasteiger partial charge in [-0.3, -0.25) is 0 Å². The van der Waals surface area contributed by atoms with E-state index in [0.717, 1.165) is 25.9 Å². The Morgan fingerprint density at radius 3 is 2.59 bits per heavy atom. The number of hydrogen-bond acceptors (Lipinski definition) is 3. The van der Waals surface area contributed by atoms with Gasteiger partial charge in [0.2, 0.25) is 10.0 Å². The van der Waals surface area contributed by atoms with E-state index in [1.165, 1.54) is 25.7 Å². The summed E-state index contributed by atoms with van der Waals surface area (Å²) in [5.41, 5.74) is 0. The lowest BCUT2D eigenvalue weighted by atomic mass is 9.96. The molecule has 2 aliphatic rings. The molecular formula is C12H24N2O2S. The van der Waals surface area contributed by atoms with Crippen LogP contribution in [0.5, 0.6) is 0 Å². The van der Waals surface area contributed by atoms with Crippen molar-refractivity contribution in [2.45, 2.75) is 38.5 Å². The molecule has 2 fully saturated rings. The number of rotatable bonds is 7. The summed E-state index contributed by atoms with van der Waals surface area (Å²) in [6.45, 7) is 2.77. The maximum Gasteiger partial charge on any atom is 0.211 e. The first-order valence-electron chi connectivity index (χ1n) is 6.84. The first-order valence-corrected chi connectivity index (χ1v) is 8.49. The molecule has 2 rings (SSSR count). The summed E-state index contributed by atoms with van der Waals surface area (Å²) in [7, 11) is -3.01. The van der Waals surface area contributed by atoms with Crippen molar-refractivity contribution < 1.29 is 8.42 Å². The largest absolute Gasteiger partial charge is 0.316 e. The van der Waals surface area contributed by atoms with Gasteiger partial charge in [-0.2, -0.15) is 0 Å². The molecule has 0 aromatic heterocycles. The zero-order valence-corrected chi connectivity index (χ0v) is 11.3. The first-order chi connectivity index (χ1) is 8.16. The van der Waals surface area contributed by atoms with E-state index < -0.39 is 10.0 Å². The smallest absolute Gasteiger partial charge is 0.211 e. The van der Waals surface area contributed by atoms with Gasteiger partial charge < -0.3 is 5.32 Å². The molecule has 5 heteroatoms. The summed E-state index contributed by atoms with van der Waals surface area (Å²) in [6, 6.07) is 0. The van der Waals surface area contributed by atoms with Crippen LogP contribution in [0.15, 0.2) is 0 Å². The molecule has 100 valence electrons. The van der Waals surface area contributed by atoms with Crippen molar-refractivity contribution in [1.82, 2.24) is 10.0 Å². The topological polar surface area (TPSA) is 58.2 Å². The summed E-state index contributed by atoms with van der Waals surface area (Å²) in [5.74, 6) is 1.66. The molecule has 17 heavy (non-hydrogen) atoms. The van der Waals surface area contributed by atoms with Gasteiger partial charge in [0.1, 0.15) is 0 Å². The van der Waals surface area contributed by atoms with Crippen molar-refractivity contribution in [3.8, 4) is 0 Å². The van der Waals surface area contributed by atoms with E-state index in [0.29, 0.717) is 24.1 Å². The fourth-order valence-corrected chi connectivity index (χ4v) is 3.61. The van der Waals surface area contributed by atoms with Gasteiger partial charge in [0.15, 0.2) is 0 Å². The number of piperidine rings is 1. The second-order valence-corrected chi connectivity index (χ2v) is 7.37. The second kappa shape index (κ2) is 6.16. The molecule has 1 aliphatic carbocycles. The van der Waals surface area contributed by atoms with E-state index in [2.05, 4.69) is 10.0 Å². The highest BCUT2D eigenvalue weighted by atomic mass is 32.2. The summed E-state index contributed by atoms with van der Waals surface area (Å²) in [4.78, 5) is 0. The first kappa shape index (κ1) is 13.3. The average Bonchev–Trinajstić information content (AvgIpc) is 3.12. The molecule has 4 nitrogen and oxygen atoms in total. The van der Waals surface area contributed by atoms with Gasteiger partial charge >= 0.3 is 0 Å². The van der Waals surface area contributed by atoms with Gasteiger partial charge in [0.05, 0.1) is 5.75 Å². The highest BCUT2D eigenvalue weighted by Crippen LogP contribution is 2.32. The van der Waals surface area contributed by atoms with E-state index in [-0.39, 0.29) is 0 Å². The number of nitrogens with one attached hydrogen (secondary N) is 2. The van der Waals surface area contributed by atoms with Gasteiger partial charge in [0, 0.05) is 6.54 Å². The highest BCUT2D eigenvalue weighted by molar-refractivity contribution is 7.89. The van der Waals surface area contributed by atoms with Crippen molar-refractivity contribution in [3.05, 3.63) is 0 Å². The molecule has 1 saturated carbocycles. The van der Waals surface area contributed by atoms with Crippen LogP contribution < -0.4 is 10.0 Å². The Balaban J connectivity index is 1.58. The number of hydrogen-bond donors (Lipinski definition) is 2. The van der Waals surface area contributed by atoms with Crippen LogP contribution in [0.2, 0.25) is 0 Å². The fraction of sp³-hybridized carbons (Fsp3) is 1.00. The minimum absolute atomic E-state index is 0.320. The van der Waals surface area contributed by atoms with Gasteiger partial charge in [-0.1, -0.05) is 12.8 Å². The average molecular weight is 260 g/mol. The van der Waals surface area contributed by atoms with E-state index in [1.54, 1.807) is 0 Å². The maximum atomic E-state index is 11.7. The monoisotopic (exact) mass is 260 g/mol. The minimum Gasteiger partial charge on any atom is -0.316 e. The summed E-state index contributed by atoms with van der Waals surface area (Å²) in [5, 5.41) is 3.35. The third-order valence-electron chi connectivity index (χ3n) is 3.77. The van der Waals surface area contributed by atoms with Gasteiger partial charge in [-0.15, -0.1) is 0 Å². The van der Waals surface area contributed by atoms with Crippen LogP contribution in [-0.4, -0.2) is 33.8 Å². The lowest BCUT2D eigenvalue weighted by Crippen LogP contribution is -2.33. The molecule has 1 unspecified atom stereocenters. The molecule has 0 amide bonds. The Morgan fingerprint density at radius 1 is 1.12 bits per heavy atom. The van der Waals surface area contributed by atoms with Crippen LogP contribution in [0.3, 0.4) is 0 Å². The van der Waals surface area contributed by atoms with Crippen LogP contribution in [0.4, 0.5) is 0 Å². The van der Waals surface area contributed by atoms with Crippen LogP contribution in [0.1, 0.15) is 38.5 Å². The molecule has 1 atom stereocenters. The Labute approximate surface area is 105 Å². The predicted molar refractivity (Wildman–Crippen MR) is 69.3 cm³/mol. The van der Waals surface area contributed by atoms with Crippen molar-refractivity contribution in [2.75, 3.05) is 25.4 Å². The SMILES string of the molecule is O=S(=O)(CCC1CC1)NCCC1CCCNC1. The zero-order chi connectivity index (χ0) is 12.1. The van der Waals surface area contributed by atoms with E-state index in [9.17, 15) is 8.42 Å². The zero-order valence-electron chi connectivity index (χ0n) is 10.5. The van der Waals surface area contributed by atoms with Crippen molar-refractivity contribution in [1.29, 1.82) is 0 Å². The summed E-state index contributed by atoms with van der Waals surface area (Å²) < 4.78 is 26.1. The summed E-state index contributed by atoms with van der Waals surface area (Å²) >= 11 is 0. The quantitative estimate of drug-likeness (QED) is 0.720. The molecule has 0 bridgehead atoms. The Kier molecular flexibility index (Phi) is 4.82. The Hall–Kier alpha value is -0.130. The normalized spacial score (nSPS) is 26.0. The van der Waals surface area contributed by atoms with Gasteiger partial charge in [-0.25, -0.2) is 13.1 Å². The fourth-order valence-electron chi connectivity index (χ4n) is 2.39. The van der Waals surface area contributed by atoms with Gasteiger partial charge in [-0.05, 0) is 50.6 Å². The van der Waals surface area contributed by atoms with Crippen LogP contribution in [0.25, 0.3) is 0 Å². The molecular weight excluding hydrogens is 236 g/mol. The van der Waals surface area contributed by atoms with Crippen LogP contribution in [-0.2, 0) is 10.0 Å². The third kappa shape index (κ3) is 5.36. The van der Waals surface area contributed by atoms with Crippen LogP contribution >= 0.6 is 0 Å². The lowest BCUT2D eigenvalue weighted by molar-refractivity contribution is 0.358. The van der Waals surface area contributed by atoms with Gasteiger partial charge in [0.25, 0.3) is 0 Å². The number of sulfonamides is 1. The lowest BCUT2D eigenvalue weighted by Gasteiger charge is -2.22. The molecule has 0 aromatic carbocycles. The molecule has 1 heterocycles. The van der Waals surface area contributed by atoms with E-state index in [4.69, 9.17) is 0 Å².